The lowest BCUT2D eigenvalue weighted by Crippen LogP contribution is -2.59. The summed E-state index contributed by atoms with van der Waals surface area (Å²) in [5, 5.41) is 10.1. The summed E-state index contributed by atoms with van der Waals surface area (Å²) in [5.74, 6) is 0. The molecule has 0 aliphatic carbocycles. The number of aliphatic hydroxyl groups is 1. The van der Waals surface area contributed by atoms with Gasteiger partial charge in [0.1, 0.15) is 0 Å². The van der Waals surface area contributed by atoms with Crippen LogP contribution in [0.1, 0.15) is 35.1 Å². The molecule has 1 aliphatic heterocycles. The number of aryl methyl sites for hydroxylation is 1. The van der Waals surface area contributed by atoms with E-state index in [9.17, 15) is 14.7 Å². The van der Waals surface area contributed by atoms with Gasteiger partial charge in [-0.05, 0) is 36.5 Å². The van der Waals surface area contributed by atoms with Gasteiger partial charge < -0.3 is 9.84 Å². The smallest absolute Gasteiger partial charge is 0.330 e. The molecule has 1 aliphatic rings. The lowest BCUT2D eigenvalue weighted by molar-refractivity contribution is -0.144. The molecule has 35 heavy (non-hydrogen) atoms. The number of benzene rings is 3. The summed E-state index contributed by atoms with van der Waals surface area (Å²) >= 11 is 0. The SMILES string of the molecule is Cc1cn([C@@]2(C(c3ccccc3)(c3ccccc3)c3ccccc3)CC[C@@H](CO)O2)c(=O)[nH]c1=O. The van der Waals surface area contributed by atoms with Gasteiger partial charge in [0, 0.05) is 11.8 Å². The predicted molar refractivity (Wildman–Crippen MR) is 134 cm³/mol. The Morgan fingerprint density at radius 1 is 0.914 bits per heavy atom. The van der Waals surface area contributed by atoms with Crippen molar-refractivity contribution >= 4 is 0 Å². The number of aromatic nitrogens is 2. The van der Waals surface area contributed by atoms with Crippen LogP contribution in [0.15, 0.2) is 107 Å². The molecule has 1 fully saturated rings. The Bertz CT molecular complexity index is 1320. The highest BCUT2D eigenvalue weighted by atomic mass is 16.5. The first-order valence-electron chi connectivity index (χ1n) is 11.8. The van der Waals surface area contributed by atoms with Gasteiger partial charge in [-0.25, -0.2) is 4.79 Å². The van der Waals surface area contributed by atoms with Crippen molar-refractivity contribution in [1.29, 1.82) is 0 Å². The van der Waals surface area contributed by atoms with Gasteiger partial charge in [-0.3, -0.25) is 14.3 Å². The maximum atomic E-state index is 13.5. The number of aliphatic hydroxyl groups excluding tert-OH is 1. The Kier molecular flexibility index (Phi) is 6.01. The number of H-pyrrole nitrogens is 1. The van der Waals surface area contributed by atoms with Crippen molar-refractivity contribution in [3.05, 3.63) is 140 Å². The van der Waals surface area contributed by atoms with E-state index in [1.165, 1.54) is 4.57 Å². The molecule has 1 aromatic heterocycles. The number of ether oxygens (including phenoxy) is 1. The van der Waals surface area contributed by atoms with E-state index in [-0.39, 0.29) is 6.61 Å². The van der Waals surface area contributed by atoms with Crippen molar-refractivity contribution in [2.75, 3.05) is 6.61 Å². The molecule has 6 nitrogen and oxygen atoms in total. The zero-order valence-corrected chi connectivity index (χ0v) is 19.6. The van der Waals surface area contributed by atoms with Crippen LogP contribution in [0.3, 0.4) is 0 Å². The molecule has 2 atom stereocenters. The summed E-state index contributed by atoms with van der Waals surface area (Å²) in [5.41, 5.74) is -0.00588. The van der Waals surface area contributed by atoms with Gasteiger partial charge in [0.2, 0.25) is 0 Å². The number of nitrogens with one attached hydrogen (secondary N) is 1. The van der Waals surface area contributed by atoms with Crippen LogP contribution in [0.25, 0.3) is 0 Å². The first kappa shape index (κ1) is 23.0. The Morgan fingerprint density at radius 2 is 1.40 bits per heavy atom. The molecule has 0 amide bonds. The second kappa shape index (κ2) is 9.13. The van der Waals surface area contributed by atoms with Gasteiger partial charge in [0.25, 0.3) is 5.56 Å². The molecule has 0 spiro atoms. The van der Waals surface area contributed by atoms with Crippen molar-refractivity contribution in [3.63, 3.8) is 0 Å². The predicted octanol–water partition coefficient (Wildman–Crippen LogP) is 3.70. The molecular formula is C29H28N2O4. The van der Waals surface area contributed by atoms with Crippen LogP contribution in [0, 0.1) is 6.92 Å². The fraction of sp³-hybridized carbons (Fsp3) is 0.241. The van der Waals surface area contributed by atoms with Crippen LogP contribution in [-0.4, -0.2) is 27.4 Å². The van der Waals surface area contributed by atoms with E-state index in [0.29, 0.717) is 18.4 Å². The summed E-state index contributed by atoms with van der Waals surface area (Å²) in [6.45, 7) is 1.50. The number of aromatic amines is 1. The minimum absolute atomic E-state index is 0.173. The van der Waals surface area contributed by atoms with Crippen LogP contribution < -0.4 is 11.2 Å². The van der Waals surface area contributed by atoms with Crippen molar-refractivity contribution in [2.24, 2.45) is 0 Å². The highest BCUT2D eigenvalue weighted by Gasteiger charge is 2.61. The monoisotopic (exact) mass is 468 g/mol. The molecule has 5 rings (SSSR count). The van der Waals surface area contributed by atoms with Gasteiger partial charge >= 0.3 is 5.69 Å². The van der Waals surface area contributed by atoms with Gasteiger partial charge in [-0.15, -0.1) is 0 Å². The summed E-state index contributed by atoms with van der Waals surface area (Å²) in [7, 11) is 0. The quantitative estimate of drug-likeness (QED) is 0.423. The van der Waals surface area contributed by atoms with Gasteiger partial charge in [-0.2, -0.15) is 0 Å². The molecule has 0 radical (unpaired) electrons. The lowest BCUT2D eigenvalue weighted by Gasteiger charge is -2.50. The van der Waals surface area contributed by atoms with Crippen LogP contribution >= 0.6 is 0 Å². The number of hydrogen-bond donors (Lipinski definition) is 2. The second-order valence-corrected chi connectivity index (χ2v) is 9.03. The van der Waals surface area contributed by atoms with Crippen LogP contribution in [0.4, 0.5) is 0 Å². The third-order valence-electron chi connectivity index (χ3n) is 7.09. The van der Waals surface area contributed by atoms with Gasteiger partial charge in [-0.1, -0.05) is 91.0 Å². The zero-order chi connectivity index (χ0) is 24.5. The standard InChI is InChI=1S/C29H28N2O4/c1-21-19-31(27(34)30-26(21)33)28(18-17-25(20-32)35-28)29(22-11-5-2-6-12-22,23-13-7-3-8-14-23)24-15-9-4-10-16-24/h2-16,19,25,32H,17-18,20H2,1H3,(H,30,33,34)/t25-,28-/m0/s1. The first-order chi connectivity index (χ1) is 17.0. The first-order valence-corrected chi connectivity index (χ1v) is 11.8. The third kappa shape index (κ3) is 3.57. The van der Waals surface area contributed by atoms with Gasteiger partial charge in [0.05, 0.1) is 18.1 Å². The summed E-state index contributed by atoms with van der Waals surface area (Å²) in [4.78, 5) is 28.3. The molecule has 178 valence electrons. The maximum Gasteiger partial charge on any atom is 0.330 e. The average Bonchev–Trinajstić information content (AvgIpc) is 3.34. The molecular weight excluding hydrogens is 440 g/mol. The largest absolute Gasteiger partial charge is 0.394 e. The third-order valence-corrected chi connectivity index (χ3v) is 7.09. The minimum atomic E-state index is -1.27. The Morgan fingerprint density at radius 3 is 1.83 bits per heavy atom. The molecule has 0 bridgehead atoms. The summed E-state index contributed by atoms with van der Waals surface area (Å²) in [6, 6.07) is 30.0. The molecule has 0 saturated carbocycles. The Balaban J connectivity index is 1.99. The molecule has 6 heteroatoms. The molecule has 4 aromatic rings. The highest BCUT2D eigenvalue weighted by molar-refractivity contribution is 5.53. The van der Waals surface area contributed by atoms with E-state index < -0.39 is 28.5 Å². The topological polar surface area (TPSA) is 84.3 Å². The fourth-order valence-electron chi connectivity index (χ4n) is 5.59. The van der Waals surface area contributed by atoms with Crippen molar-refractivity contribution in [3.8, 4) is 0 Å². The van der Waals surface area contributed by atoms with E-state index in [4.69, 9.17) is 4.74 Å². The van der Waals surface area contributed by atoms with Crippen LogP contribution in [0.2, 0.25) is 0 Å². The van der Waals surface area contributed by atoms with E-state index in [2.05, 4.69) is 4.98 Å². The molecule has 0 unspecified atom stereocenters. The highest BCUT2D eigenvalue weighted by Crippen LogP contribution is 2.56. The zero-order valence-electron chi connectivity index (χ0n) is 19.6. The maximum absolute atomic E-state index is 13.5. The van der Waals surface area contributed by atoms with Gasteiger partial charge in [0.15, 0.2) is 5.72 Å². The van der Waals surface area contributed by atoms with E-state index in [1.807, 2.05) is 91.0 Å². The fourth-order valence-corrected chi connectivity index (χ4v) is 5.59. The second-order valence-electron chi connectivity index (χ2n) is 9.03. The Labute approximate surface area is 203 Å². The van der Waals surface area contributed by atoms with Crippen molar-refractivity contribution < 1.29 is 9.84 Å². The normalized spacial score (nSPS) is 20.1. The Hall–Kier alpha value is -3.74. The van der Waals surface area contributed by atoms with Crippen LogP contribution in [-0.2, 0) is 15.9 Å². The minimum Gasteiger partial charge on any atom is -0.394 e. The van der Waals surface area contributed by atoms with E-state index in [0.717, 1.165) is 16.7 Å². The number of hydrogen-bond acceptors (Lipinski definition) is 4. The van der Waals surface area contributed by atoms with Crippen LogP contribution in [0.5, 0.6) is 0 Å². The van der Waals surface area contributed by atoms with E-state index in [1.54, 1.807) is 13.1 Å². The number of nitrogens with zero attached hydrogens (tertiary/aromatic N) is 1. The van der Waals surface area contributed by atoms with E-state index >= 15 is 0 Å². The van der Waals surface area contributed by atoms with Crippen molar-refractivity contribution in [2.45, 2.75) is 37.0 Å². The molecule has 2 N–H and O–H groups in total. The summed E-state index contributed by atoms with van der Waals surface area (Å²) < 4.78 is 8.31. The lowest BCUT2D eigenvalue weighted by atomic mass is 9.61. The molecule has 1 saturated heterocycles. The van der Waals surface area contributed by atoms with Crippen molar-refractivity contribution in [1.82, 2.24) is 9.55 Å². The molecule has 2 heterocycles. The number of rotatable bonds is 6. The summed E-state index contributed by atoms with van der Waals surface area (Å²) in [6.07, 6.45) is 2.12. The average molecular weight is 469 g/mol. The molecule has 3 aromatic carbocycles.